The first-order valence-electron chi connectivity index (χ1n) is 6.43. The number of rotatable bonds is 3. The molecule has 2 aromatic carbocycles. The van der Waals surface area contributed by atoms with E-state index in [2.05, 4.69) is 21.1 Å². The van der Waals surface area contributed by atoms with E-state index < -0.39 is 11.5 Å². The largest absolute Gasteiger partial charge is 0.506 e. The van der Waals surface area contributed by atoms with Gasteiger partial charge >= 0.3 is 0 Å². The zero-order valence-electron chi connectivity index (χ0n) is 11.5. The van der Waals surface area contributed by atoms with Crippen LogP contribution in [0.15, 0.2) is 45.6 Å². The molecule has 0 saturated heterocycles. The molecule has 3 aromatic rings. The van der Waals surface area contributed by atoms with Crippen LogP contribution in [0.4, 0.5) is 0 Å². The molecule has 0 radical (unpaired) electrons. The number of hydrogen-bond acceptors (Lipinski definition) is 5. The molecule has 23 heavy (non-hydrogen) atoms. The molecule has 2 N–H and O–H groups in total. The number of aromatic nitrogens is 1. The highest BCUT2D eigenvalue weighted by Crippen LogP contribution is 2.43. The number of benzene rings is 2. The minimum Gasteiger partial charge on any atom is -0.506 e. The molecule has 0 saturated carbocycles. The Balaban J connectivity index is 2.22. The van der Waals surface area contributed by atoms with Gasteiger partial charge in [0.15, 0.2) is 6.29 Å². The van der Waals surface area contributed by atoms with Crippen molar-refractivity contribution < 1.29 is 19.5 Å². The second kappa shape index (κ2) is 6.06. The van der Waals surface area contributed by atoms with Crippen molar-refractivity contribution in [2.24, 2.45) is 0 Å². The van der Waals surface area contributed by atoms with Gasteiger partial charge in [-0.3, -0.25) is 4.79 Å². The lowest BCUT2D eigenvalue weighted by atomic mass is 9.99. The zero-order valence-corrected chi connectivity index (χ0v) is 13.8. The van der Waals surface area contributed by atoms with Gasteiger partial charge in [-0.1, -0.05) is 44.8 Å². The third-order valence-electron chi connectivity index (χ3n) is 3.36. The van der Waals surface area contributed by atoms with Gasteiger partial charge in [0.2, 0.25) is 0 Å². The number of aromatic hydroxyl groups is 2. The summed E-state index contributed by atoms with van der Waals surface area (Å²) in [6.07, 6.45) is 1.76. The van der Waals surface area contributed by atoms with Crippen molar-refractivity contribution in [2.45, 2.75) is 0 Å². The van der Waals surface area contributed by atoms with E-state index in [-0.39, 0.29) is 16.1 Å². The summed E-state index contributed by atoms with van der Waals surface area (Å²) in [6, 6.07) is 8.73. The average Bonchev–Trinajstić information content (AvgIpc) is 3.01. The molecule has 0 bridgehead atoms. The fraction of sp³-hybridized carbons (Fsp3) is 0. The number of halogens is 2. The molecule has 0 amide bonds. The smallest absolute Gasteiger partial charge is 0.157 e. The van der Waals surface area contributed by atoms with Crippen molar-refractivity contribution in [1.82, 2.24) is 5.16 Å². The SMILES string of the molecule is O=Cc1c(O)c(Cl)cc(-c2nocc2-c2ccc(Br)cc2)c1O. The highest BCUT2D eigenvalue weighted by molar-refractivity contribution is 9.10. The molecular formula is C16H9BrClNO4. The predicted octanol–water partition coefficient (Wildman–Crippen LogP) is 4.65. The molecule has 0 aliphatic heterocycles. The van der Waals surface area contributed by atoms with Gasteiger partial charge in [-0.05, 0) is 23.8 Å². The Morgan fingerprint density at radius 1 is 1.13 bits per heavy atom. The van der Waals surface area contributed by atoms with Gasteiger partial charge in [-0.2, -0.15) is 0 Å². The molecule has 0 spiro atoms. The highest BCUT2D eigenvalue weighted by atomic mass is 79.9. The summed E-state index contributed by atoms with van der Waals surface area (Å²) < 4.78 is 5.93. The van der Waals surface area contributed by atoms with Gasteiger partial charge in [0.25, 0.3) is 0 Å². The summed E-state index contributed by atoms with van der Waals surface area (Å²) in [6.45, 7) is 0. The van der Waals surface area contributed by atoms with E-state index in [1.807, 2.05) is 24.3 Å². The van der Waals surface area contributed by atoms with E-state index in [1.165, 1.54) is 12.3 Å². The number of carbonyl (C=O) groups excluding carboxylic acids is 1. The van der Waals surface area contributed by atoms with Crippen molar-refractivity contribution in [3.8, 4) is 33.9 Å². The Hall–Kier alpha value is -2.31. The fourth-order valence-electron chi connectivity index (χ4n) is 2.21. The molecule has 0 unspecified atom stereocenters. The van der Waals surface area contributed by atoms with E-state index >= 15 is 0 Å². The minimum absolute atomic E-state index is 0.0651. The van der Waals surface area contributed by atoms with E-state index in [4.69, 9.17) is 16.1 Å². The normalized spacial score (nSPS) is 10.7. The van der Waals surface area contributed by atoms with Gasteiger partial charge in [-0.25, -0.2) is 0 Å². The van der Waals surface area contributed by atoms with E-state index in [9.17, 15) is 15.0 Å². The van der Waals surface area contributed by atoms with Crippen molar-refractivity contribution in [2.75, 3.05) is 0 Å². The summed E-state index contributed by atoms with van der Waals surface area (Å²) in [4.78, 5) is 11.1. The molecule has 1 aromatic heterocycles. The van der Waals surface area contributed by atoms with E-state index in [0.29, 0.717) is 17.5 Å². The monoisotopic (exact) mass is 393 g/mol. The summed E-state index contributed by atoms with van der Waals surface area (Å²) >= 11 is 9.28. The standard InChI is InChI=1S/C16H9BrClNO4/c17-9-3-1-8(2-4-9)12-7-23-19-14(12)10-5-13(18)16(22)11(6-20)15(10)21/h1-7,21-22H. The first-order valence-corrected chi connectivity index (χ1v) is 7.60. The van der Waals surface area contributed by atoms with Gasteiger partial charge < -0.3 is 14.7 Å². The van der Waals surface area contributed by atoms with Gasteiger partial charge in [0.05, 0.1) is 5.02 Å². The molecule has 7 heteroatoms. The van der Waals surface area contributed by atoms with Crippen LogP contribution in [-0.4, -0.2) is 21.7 Å². The van der Waals surface area contributed by atoms with E-state index in [0.717, 1.165) is 10.0 Å². The lowest BCUT2D eigenvalue weighted by Gasteiger charge is -2.09. The maximum atomic E-state index is 11.1. The molecule has 0 aliphatic carbocycles. The Labute approximate surface area is 144 Å². The number of phenolic OH excluding ortho intramolecular Hbond substituents is 2. The molecule has 3 rings (SSSR count). The van der Waals surface area contributed by atoms with E-state index in [1.54, 1.807) is 0 Å². The maximum absolute atomic E-state index is 11.1. The molecule has 0 aliphatic rings. The van der Waals surface area contributed by atoms with Crippen LogP contribution in [0.2, 0.25) is 5.02 Å². The Bertz CT molecular complexity index is 890. The zero-order chi connectivity index (χ0) is 16.6. The third kappa shape index (κ3) is 2.71. The van der Waals surface area contributed by atoms with Crippen LogP contribution in [0.25, 0.3) is 22.4 Å². The first-order chi connectivity index (χ1) is 11.0. The van der Waals surface area contributed by atoms with Crippen LogP contribution in [0.3, 0.4) is 0 Å². The topological polar surface area (TPSA) is 83.6 Å². The molecule has 116 valence electrons. The second-order valence-corrected chi connectivity index (χ2v) is 6.04. The van der Waals surface area contributed by atoms with Crippen molar-refractivity contribution >= 4 is 33.8 Å². The predicted molar refractivity (Wildman–Crippen MR) is 88.8 cm³/mol. The summed E-state index contributed by atoms with van der Waals surface area (Å²) in [5.41, 5.74) is 1.64. The van der Waals surface area contributed by atoms with Crippen molar-refractivity contribution in [3.05, 3.63) is 51.7 Å². The van der Waals surface area contributed by atoms with Crippen molar-refractivity contribution in [3.63, 3.8) is 0 Å². The Morgan fingerprint density at radius 2 is 1.83 bits per heavy atom. The third-order valence-corrected chi connectivity index (χ3v) is 4.18. The number of phenols is 2. The molecule has 0 fully saturated rings. The number of aldehydes is 1. The molecule has 1 heterocycles. The van der Waals surface area contributed by atoms with Gasteiger partial charge in [0.1, 0.15) is 29.0 Å². The number of carbonyl (C=O) groups is 1. The fourth-order valence-corrected chi connectivity index (χ4v) is 2.68. The lowest BCUT2D eigenvalue weighted by molar-refractivity contribution is 0.111. The molecule has 5 nitrogen and oxygen atoms in total. The lowest BCUT2D eigenvalue weighted by Crippen LogP contribution is -1.90. The van der Waals surface area contributed by atoms with Crippen LogP contribution >= 0.6 is 27.5 Å². The quantitative estimate of drug-likeness (QED) is 0.632. The Kier molecular flexibility index (Phi) is 4.11. The number of nitrogens with zero attached hydrogens (tertiary/aromatic N) is 1. The highest BCUT2D eigenvalue weighted by Gasteiger charge is 2.22. The molecule has 0 atom stereocenters. The van der Waals surface area contributed by atoms with Crippen LogP contribution < -0.4 is 0 Å². The van der Waals surface area contributed by atoms with Crippen LogP contribution in [0.1, 0.15) is 10.4 Å². The number of hydrogen-bond donors (Lipinski definition) is 2. The summed E-state index contributed by atoms with van der Waals surface area (Å²) in [7, 11) is 0. The van der Waals surface area contributed by atoms with Gasteiger partial charge in [0, 0.05) is 15.6 Å². The van der Waals surface area contributed by atoms with Crippen LogP contribution in [0, 0.1) is 0 Å². The Morgan fingerprint density at radius 3 is 2.48 bits per heavy atom. The van der Waals surface area contributed by atoms with Crippen LogP contribution in [-0.2, 0) is 0 Å². The average molecular weight is 395 g/mol. The molecular weight excluding hydrogens is 386 g/mol. The van der Waals surface area contributed by atoms with Crippen molar-refractivity contribution in [1.29, 1.82) is 0 Å². The maximum Gasteiger partial charge on any atom is 0.157 e. The minimum atomic E-state index is -0.475. The first kappa shape index (κ1) is 15.6. The summed E-state index contributed by atoms with van der Waals surface area (Å²) in [5, 5.41) is 23.8. The second-order valence-electron chi connectivity index (χ2n) is 4.72. The summed E-state index contributed by atoms with van der Waals surface area (Å²) in [5.74, 6) is -0.884. The van der Waals surface area contributed by atoms with Gasteiger partial charge in [-0.15, -0.1) is 0 Å². The van der Waals surface area contributed by atoms with Crippen LogP contribution in [0.5, 0.6) is 11.5 Å².